The molecule has 3 rings (SSSR count). The number of urea groups is 2. The molecule has 3 N–H and O–H groups in total. The molecule has 140 valence electrons. The zero-order chi connectivity index (χ0) is 19.8. The van der Waals surface area contributed by atoms with Crippen molar-refractivity contribution >= 4 is 29.4 Å². The van der Waals surface area contributed by atoms with E-state index in [0.29, 0.717) is 16.9 Å². The molecule has 0 aromatic heterocycles. The SMILES string of the molecule is O=C(NC(=O)Nc1cccc(OC(=O)c2ccccc2)c1)Nc1ccccc1. The van der Waals surface area contributed by atoms with E-state index in [-0.39, 0.29) is 5.75 Å². The summed E-state index contributed by atoms with van der Waals surface area (Å²) in [7, 11) is 0. The predicted octanol–water partition coefficient (Wildman–Crippen LogP) is 4.26. The van der Waals surface area contributed by atoms with Gasteiger partial charge in [-0.15, -0.1) is 0 Å². The Morgan fingerprint density at radius 3 is 1.89 bits per heavy atom. The quantitative estimate of drug-likeness (QED) is 0.469. The molecule has 28 heavy (non-hydrogen) atoms. The summed E-state index contributed by atoms with van der Waals surface area (Å²) in [6.07, 6.45) is 0. The first-order chi connectivity index (χ1) is 13.6. The first-order valence-corrected chi connectivity index (χ1v) is 8.41. The molecule has 0 aliphatic heterocycles. The summed E-state index contributed by atoms with van der Waals surface area (Å²) in [6.45, 7) is 0. The van der Waals surface area contributed by atoms with Gasteiger partial charge in [0, 0.05) is 17.4 Å². The van der Waals surface area contributed by atoms with Gasteiger partial charge >= 0.3 is 18.0 Å². The van der Waals surface area contributed by atoms with E-state index in [0.717, 1.165) is 0 Å². The van der Waals surface area contributed by atoms with Crippen LogP contribution >= 0.6 is 0 Å². The van der Waals surface area contributed by atoms with Gasteiger partial charge in [0.2, 0.25) is 0 Å². The number of amides is 4. The van der Waals surface area contributed by atoms with Gasteiger partial charge in [0.15, 0.2) is 0 Å². The van der Waals surface area contributed by atoms with Gasteiger partial charge in [-0.25, -0.2) is 14.4 Å². The highest BCUT2D eigenvalue weighted by Gasteiger charge is 2.10. The highest BCUT2D eigenvalue weighted by atomic mass is 16.5. The highest BCUT2D eigenvalue weighted by Crippen LogP contribution is 2.18. The smallest absolute Gasteiger partial charge is 0.343 e. The first-order valence-electron chi connectivity index (χ1n) is 8.41. The molecule has 0 radical (unpaired) electrons. The van der Waals surface area contributed by atoms with Crippen LogP contribution in [0.15, 0.2) is 84.9 Å². The minimum Gasteiger partial charge on any atom is -0.423 e. The Labute approximate surface area is 161 Å². The maximum atomic E-state index is 12.1. The fraction of sp³-hybridized carbons (Fsp3) is 0. The van der Waals surface area contributed by atoms with Crippen LogP contribution in [0.1, 0.15) is 10.4 Å². The van der Waals surface area contributed by atoms with Crippen LogP contribution in [0.2, 0.25) is 0 Å². The van der Waals surface area contributed by atoms with Crippen molar-refractivity contribution in [2.75, 3.05) is 10.6 Å². The molecule has 0 fully saturated rings. The van der Waals surface area contributed by atoms with E-state index in [4.69, 9.17) is 4.74 Å². The molecule has 3 aromatic rings. The van der Waals surface area contributed by atoms with Crippen LogP contribution in [0, 0.1) is 0 Å². The van der Waals surface area contributed by atoms with E-state index in [9.17, 15) is 14.4 Å². The second-order valence-corrected chi connectivity index (χ2v) is 5.68. The summed E-state index contributed by atoms with van der Waals surface area (Å²) >= 11 is 0. The van der Waals surface area contributed by atoms with Crippen LogP contribution in [0.25, 0.3) is 0 Å². The number of hydrogen-bond donors (Lipinski definition) is 3. The molecule has 0 saturated carbocycles. The first kappa shape index (κ1) is 18.7. The molecule has 0 bridgehead atoms. The summed E-state index contributed by atoms with van der Waals surface area (Å²) in [5.74, 6) is -0.246. The van der Waals surface area contributed by atoms with Gasteiger partial charge in [0.25, 0.3) is 0 Å². The van der Waals surface area contributed by atoms with E-state index in [2.05, 4.69) is 16.0 Å². The Morgan fingerprint density at radius 2 is 1.21 bits per heavy atom. The lowest BCUT2D eigenvalue weighted by molar-refractivity contribution is 0.0735. The van der Waals surface area contributed by atoms with Crippen LogP contribution in [-0.4, -0.2) is 18.0 Å². The van der Waals surface area contributed by atoms with Crippen LogP contribution in [-0.2, 0) is 0 Å². The second-order valence-electron chi connectivity index (χ2n) is 5.68. The van der Waals surface area contributed by atoms with Gasteiger partial charge in [0.05, 0.1) is 5.56 Å². The molecule has 0 unspecified atom stereocenters. The monoisotopic (exact) mass is 375 g/mol. The predicted molar refractivity (Wildman–Crippen MR) is 105 cm³/mol. The van der Waals surface area contributed by atoms with Gasteiger partial charge in [-0.3, -0.25) is 5.32 Å². The number of imide groups is 1. The third kappa shape index (κ3) is 5.43. The van der Waals surface area contributed by atoms with Crippen LogP contribution < -0.4 is 20.7 Å². The number of hydrogen-bond acceptors (Lipinski definition) is 4. The average molecular weight is 375 g/mol. The molecule has 7 nitrogen and oxygen atoms in total. The minimum atomic E-state index is -0.722. The van der Waals surface area contributed by atoms with E-state index in [1.807, 2.05) is 6.07 Å². The van der Waals surface area contributed by atoms with Crippen molar-refractivity contribution in [2.45, 2.75) is 0 Å². The molecule has 0 saturated heterocycles. The van der Waals surface area contributed by atoms with Crippen molar-refractivity contribution < 1.29 is 19.1 Å². The zero-order valence-electron chi connectivity index (χ0n) is 14.7. The molecular weight excluding hydrogens is 358 g/mol. The Balaban J connectivity index is 1.55. The van der Waals surface area contributed by atoms with Crippen molar-refractivity contribution in [3.8, 4) is 5.75 Å². The topological polar surface area (TPSA) is 96.5 Å². The summed E-state index contributed by atoms with van der Waals surface area (Å²) in [6, 6.07) is 22.2. The van der Waals surface area contributed by atoms with Gasteiger partial charge in [-0.05, 0) is 36.4 Å². The standard InChI is InChI=1S/C21H17N3O4/c25-19(15-8-3-1-4-9-15)28-18-13-7-12-17(14-18)23-21(27)24-20(26)22-16-10-5-2-6-11-16/h1-14H,(H3,22,23,24,26,27). The Kier molecular flexibility index (Phi) is 5.99. The van der Waals surface area contributed by atoms with Gasteiger partial charge < -0.3 is 15.4 Å². The lowest BCUT2D eigenvalue weighted by atomic mass is 10.2. The largest absolute Gasteiger partial charge is 0.423 e. The number of carbonyl (C=O) groups excluding carboxylic acids is 3. The maximum absolute atomic E-state index is 12.1. The van der Waals surface area contributed by atoms with Crippen molar-refractivity contribution in [2.24, 2.45) is 0 Å². The fourth-order valence-corrected chi connectivity index (χ4v) is 2.33. The maximum Gasteiger partial charge on any atom is 0.343 e. The molecule has 4 amide bonds. The van der Waals surface area contributed by atoms with Gasteiger partial charge in [-0.2, -0.15) is 0 Å². The highest BCUT2D eigenvalue weighted by molar-refractivity contribution is 6.05. The van der Waals surface area contributed by atoms with E-state index < -0.39 is 18.0 Å². The number of esters is 1. The number of rotatable bonds is 4. The number of nitrogens with one attached hydrogen (secondary N) is 3. The molecule has 0 heterocycles. The Bertz CT molecular complexity index is 975. The molecule has 7 heteroatoms. The molecular formula is C21H17N3O4. The number of carbonyl (C=O) groups is 3. The zero-order valence-corrected chi connectivity index (χ0v) is 14.7. The number of ether oxygens (including phenoxy) is 1. The molecule has 0 aliphatic rings. The summed E-state index contributed by atoms with van der Waals surface area (Å²) < 4.78 is 5.29. The van der Waals surface area contributed by atoms with Gasteiger partial charge in [0.1, 0.15) is 5.75 Å². The van der Waals surface area contributed by atoms with E-state index >= 15 is 0 Å². The Morgan fingerprint density at radius 1 is 0.643 bits per heavy atom. The van der Waals surface area contributed by atoms with Crippen LogP contribution in [0.5, 0.6) is 5.75 Å². The van der Waals surface area contributed by atoms with Crippen molar-refractivity contribution in [3.05, 3.63) is 90.5 Å². The number of benzene rings is 3. The number of para-hydroxylation sites is 1. The summed E-state index contributed by atoms with van der Waals surface area (Å²) in [5.41, 5.74) is 1.34. The van der Waals surface area contributed by atoms with Gasteiger partial charge in [-0.1, -0.05) is 42.5 Å². The lowest BCUT2D eigenvalue weighted by Gasteiger charge is -2.09. The minimum absolute atomic E-state index is 0.264. The third-order valence-corrected chi connectivity index (χ3v) is 3.57. The normalized spacial score (nSPS) is 9.86. The van der Waals surface area contributed by atoms with E-state index in [1.165, 1.54) is 6.07 Å². The van der Waals surface area contributed by atoms with Crippen LogP contribution in [0.3, 0.4) is 0 Å². The van der Waals surface area contributed by atoms with E-state index in [1.54, 1.807) is 72.8 Å². The van der Waals surface area contributed by atoms with Crippen LogP contribution in [0.4, 0.5) is 21.0 Å². The Hall–Kier alpha value is -4.13. The lowest BCUT2D eigenvalue weighted by Crippen LogP contribution is -2.37. The number of anilines is 2. The third-order valence-electron chi connectivity index (χ3n) is 3.57. The second kappa shape index (κ2) is 9.00. The fourth-order valence-electron chi connectivity index (χ4n) is 2.33. The molecule has 3 aromatic carbocycles. The van der Waals surface area contributed by atoms with Crippen molar-refractivity contribution in [3.63, 3.8) is 0 Å². The molecule has 0 aliphatic carbocycles. The molecule has 0 spiro atoms. The molecule has 0 atom stereocenters. The van der Waals surface area contributed by atoms with Crippen molar-refractivity contribution in [1.29, 1.82) is 0 Å². The average Bonchev–Trinajstić information content (AvgIpc) is 2.69. The summed E-state index contributed by atoms with van der Waals surface area (Å²) in [4.78, 5) is 35.9. The summed E-state index contributed by atoms with van der Waals surface area (Å²) in [5, 5.41) is 7.20. The van der Waals surface area contributed by atoms with Crippen molar-refractivity contribution in [1.82, 2.24) is 5.32 Å².